The quantitative estimate of drug-likeness (QED) is 0.261. The summed E-state index contributed by atoms with van der Waals surface area (Å²) >= 11 is 0. The maximum atomic E-state index is 13.5. The first-order valence-electron chi connectivity index (χ1n) is 11.6. The molecule has 0 amide bonds. The molecule has 8 nitrogen and oxygen atoms in total. The highest BCUT2D eigenvalue weighted by atomic mass is 19.3. The number of hydrogen-bond donors (Lipinski definition) is 1. The lowest BCUT2D eigenvalue weighted by molar-refractivity contribution is 0.140. The second-order valence-corrected chi connectivity index (χ2v) is 8.52. The summed E-state index contributed by atoms with van der Waals surface area (Å²) < 4.78 is 46.9. The summed E-state index contributed by atoms with van der Waals surface area (Å²) in [6.45, 7) is 2.77. The Balaban J connectivity index is 1.26. The standard InChI is InChI=1S/C27H22F3N7O/c1-17-9-20(11-21(10-17)33-27-32-13-22(28)25(34-27)26(29)30)23-15-37(36-35-23)14-19-7-8-24(31-12-19)38-16-18-5-3-2-4-6-18/h2-13,15,26H,14,16H2,1H3,(H,32,33,34). The van der Waals surface area contributed by atoms with Gasteiger partial charge in [-0.1, -0.05) is 41.6 Å². The van der Waals surface area contributed by atoms with Crippen molar-refractivity contribution < 1.29 is 17.9 Å². The van der Waals surface area contributed by atoms with Crippen LogP contribution in [0.25, 0.3) is 11.3 Å². The highest BCUT2D eigenvalue weighted by Crippen LogP contribution is 2.26. The van der Waals surface area contributed by atoms with Crippen LogP contribution >= 0.6 is 0 Å². The fourth-order valence-electron chi connectivity index (χ4n) is 3.74. The van der Waals surface area contributed by atoms with Crippen molar-refractivity contribution in [3.05, 3.63) is 107 Å². The molecule has 11 heteroatoms. The van der Waals surface area contributed by atoms with Crippen LogP contribution in [-0.2, 0) is 13.2 Å². The van der Waals surface area contributed by atoms with Crippen molar-refractivity contribution in [3.8, 4) is 17.1 Å². The van der Waals surface area contributed by atoms with Crippen LogP contribution in [0.3, 0.4) is 0 Å². The smallest absolute Gasteiger partial charge is 0.283 e. The number of ether oxygens (including phenoxy) is 1. The molecular weight excluding hydrogens is 495 g/mol. The number of pyridine rings is 1. The van der Waals surface area contributed by atoms with Crippen LogP contribution in [0.15, 0.2) is 79.3 Å². The number of anilines is 2. The van der Waals surface area contributed by atoms with Gasteiger partial charge in [-0.3, -0.25) is 0 Å². The van der Waals surface area contributed by atoms with Crippen molar-refractivity contribution in [2.75, 3.05) is 5.32 Å². The normalized spacial score (nSPS) is 11.1. The molecule has 0 saturated heterocycles. The maximum absolute atomic E-state index is 13.5. The van der Waals surface area contributed by atoms with E-state index >= 15 is 0 Å². The Labute approximate surface area is 216 Å². The molecule has 0 aliphatic rings. The summed E-state index contributed by atoms with van der Waals surface area (Å²) in [6, 6.07) is 19.0. The highest BCUT2D eigenvalue weighted by Gasteiger charge is 2.17. The zero-order valence-corrected chi connectivity index (χ0v) is 20.2. The monoisotopic (exact) mass is 517 g/mol. The van der Waals surface area contributed by atoms with Gasteiger partial charge < -0.3 is 10.1 Å². The molecular formula is C27H22F3N7O. The molecule has 0 fully saturated rings. The van der Waals surface area contributed by atoms with Crippen molar-refractivity contribution in [2.45, 2.75) is 26.5 Å². The molecule has 0 radical (unpaired) electrons. The largest absolute Gasteiger partial charge is 0.473 e. The second-order valence-electron chi connectivity index (χ2n) is 8.52. The van der Waals surface area contributed by atoms with Crippen molar-refractivity contribution in [1.29, 1.82) is 0 Å². The molecule has 5 aromatic rings. The van der Waals surface area contributed by atoms with Crippen LogP contribution < -0.4 is 10.1 Å². The molecule has 1 N–H and O–H groups in total. The molecule has 0 unspecified atom stereocenters. The van der Waals surface area contributed by atoms with Crippen molar-refractivity contribution in [2.24, 2.45) is 0 Å². The minimum absolute atomic E-state index is 0.134. The van der Waals surface area contributed by atoms with E-state index in [1.807, 2.05) is 55.5 Å². The summed E-state index contributed by atoms with van der Waals surface area (Å²) in [5.74, 6) is -0.760. The van der Waals surface area contributed by atoms with Gasteiger partial charge in [-0.05, 0) is 41.8 Å². The molecule has 0 aliphatic carbocycles. The molecule has 3 heterocycles. The molecule has 3 aromatic heterocycles. The lowest BCUT2D eigenvalue weighted by Gasteiger charge is -2.09. The maximum Gasteiger partial charge on any atom is 0.283 e. The van der Waals surface area contributed by atoms with Gasteiger partial charge in [-0.15, -0.1) is 5.10 Å². The van der Waals surface area contributed by atoms with Gasteiger partial charge in [0.2, 0.25) is 11.8 Å². The van der Waals surface area contributed by atoms with Gasteiger partial charge in [0.1, 0.15) is 18.0 Å². The van der Waals surface area contributed by atoms with E-state index in [1.54, 1.807) is 29.2 Å². The first-order valence-corrected chi connectivity index (χ1v) is 11.6. The predicted molar refractivity (Wildman–Crippen MR) is 135 cm³/mol. The Hall–Kier alpha value is -4.80. The summed E-state index contributed by atoms with van der Waals surface area (Å²) in [5.41, 5.74) is 3.80. The van der Waals surface area contributed by atoms with Gasteiger partial charge in [-0.2, -0.15) is 0 Å². The third-order valence-corrected chi connectivity index (χ3v) is 5.52. The molecule has 0 spiro atoms. The van der Waals surface area contributed by atoms with Crippen LogP contribution in [0.5, 0.6) is 5.88 Å². The number of nitrogens with one attached hydrogen (secondary N) is 1. The average molecular weight is 518 g/mol. The number of hydrogen-bond acceptors (Lipinski definition) is 7. The number of alkyl halides is 2. The second kappa shape index (κ2) is 11.1. The fraction of sp³-hybridized carbons (Fsp3) is 0.148. The number of benzene rings is 2. The first kappa shape index (κ1) is 24.9. The SMILES string of the molecule is Cc1cc(Nc2ncc(F)c(C(F)F)n2)cc(-c2cn(Cc3ccc(OCc4ccccc4)nc3)nn2)c1. The van der Waals surface area contributed by atoms with Crippen LogP contribution in [-0.4, -0.2) is 29.9 Å². The van der Waals surface area contributed by atoms with Gasteiger partial charge in [0.25, 0.3) is 6.43 Å². The Morgan fingerprint density at radius 1 is 0.974 bits per heavy atom. The minimum Gasteiger partial charge on any atom is -0.473 e. The molecule has 38 heavy (non-hydrogen) atoms. The van der Waals surface area contributed by atoms with E-state index in [2.05, 4.69) is 30.6 Å². The summed E-state index contributed by atoms with van der Waals surface area (Å²) in [7, 11) is 0. The fourth-order valence-corrected chi connectivity index (χ4v) is 3.74. The Morgan fingerprint density at radius 3 is 2.58 bits per heavy atom. The Morgan fingerprint density at radius 2 is 1.82 bits per heavy atom. The predicted octanol–water partition coefficient (Wildman–Crippen LogP) is 5.89. The van der Waals surface area contributed by atoms with Gasteiger partial charge in [0.05, 0.1) is 18.9 Å². The number of halogens is 3. The van der Waals surface area contributed by atoms with Crippen molar-refractivity contribution >= 4 is 11.6 Å². The number of aryl methyl sites for hydroxylation is 1. The average Bonchev–Trinajstić information content (AvgIpc) is 3.38. The van der Waals surface area contributed by atoms with E-state index in [1.165, 1.54) is 0 Å². The first-order chi connectivity index (χ1) is 18.4. The zero-order valence-electron chi connectivity index (χ0n) is 20.2. The van der Waals surface area contributed by atoms with Crippen LogP contribution in [0.2, 0.25) is 0 Å². The van der Waals surface area contributed by atoms with E-state index in [0.29, 0.717) is 30.4 Å². The van der Waals surface area contributed by atoms with Crippen molar-refractivity contribution in [1.82, 2.24) is 29.9 Å². The Bertz CT molecular complexity index is 1530. The number of rotatable bonds is 9. The van der Waals surface area contributed by atoms with Gasteiger partial charge in [0.15, 0.2) is 5.82 Å². The summed E-state index contributed by atoms with van der Waals surface area (Å²) in [5, 5.41) is 11.3. The molecule has 0 atom stereocenters. The molecule has 0 saturated carbocycles. The molecule has 0 bridgehead atoms. The zero-order chi connectivity index (χ0) is 26.5. The minimum atomic E-state index is -3.05. The van der Waals surface area contributed by atoms with Crippen molar-refractivity contribution in [3.63, 3.8) is 0 Å². The van der Waals surface area contributed by atoms with Gasteiger partial charge >= 0.3 is 0 Å². The Kier molecular flexibility index (Phi) is 7.25. The lowest BCUT2D eigenvalue weighted by Crippen LogP contribution is -2.03. The topological polar surface area (TPSA) is 90.6 Å². The molecule has 2 aromatic carbocycles. The molecule has 0 aliphatic heterocycles. The third kappa shape index (κ3) is 6.12. The van der Waals surface area contributed by atoms with Gasteiger partial charge in [-0.25, -0.2) is 32.8 Å². The van der Waals surface area contributed by atoms with Crippen LogP contribution in [0, 0.1) is 12.7 Å². The highest BCUT2D eigenvalue weighted by molar-refractivity contribution is 5.68. The van der Waals surface area contributed by atoms with Crippen LogP contribution in [0.4, 0.5) is 24.8 Å². The molecule has 192 valence electrons. The summed E-state index contributed by atoms with van der Waals surface area (Å²) in [4.78, 5) is 11.7. The van der Waals surface area contributed by atoms with Gasteiger partial charge in [0, 0.05) is 23.5 Å². The van der Waals surface area contributed by atoms with E-state index in [0.717, 1.165) is 28.5 Å². The van der Waals surface area contributed by atoms with E-state index in [-0.39, 0.29) is 5.95 Å². The molecule has 5 rings (SSSR count). The third-order valence-electron chi connectivity index (χ3n) is 5.52. The lowest BCUT2D eigenvalue weighted by atomic mass is 10.1. The van der Waals surface area contributed by atoms with Crippen LogP contribution in [0.1, 0.15) is 28.8 Å². The van der Waals surface area contributed by atoms with E-state index in [4.69, 9.17) is 4.74 Å². The number of nitrogens with zero attached hydrogens (tertiary/aromatic N) is 6. The van der Waals surface area contributed by atoms with E-state index in [9.17, 15) is 13.2 Å². The van der Waals surface area contributed by atoms with E-state index < -0.39 is 17.9 Å². The number of aromatic nitrogens is 6. The summed E-state index contributed by atoms with van der Waals surface area (Å²) in [6.07, 6.45) is 1.19.